The first kappa shape index (κ1) is 11.7. The quantitative estimate of drug-likeness (QED) is 0.788. The van der Waals surface area contributed by atoms with Gasteiger partial charge in [0.1, 0.15) is 11.5 Å². The molecule has 1 atom stereocenters. The molecule has 0 bridgehead atoms. The van der Waals surface area contributed by atoms with Crippen molar-refractivity contribution in [3.05, 3.63) is 28.8 Å². The zero-order chi connectivity index (χ0) is 11.6. The first-order valence-electron chi connectivity index (χ1n) is 4.97. The number of aryl methyl sites for hydroxylation is 2. The predicted molar refractivity (Wildman–Crippen MR) is 59.9 cm³/mol. The minimum Gasteiger partial charge on any atom is -0.508 e. The molecule has 0 radical (unpaired) electrons. The number of nitrogens with two attached hydrogens (primary N) is 1. The van der Waals surface area contributed by atoms with Crippen molar-refractivity contribution in [2.75, 3.05) is 0 Å². The SMILES string of the molecule is CC(=O)[C@@H](N)Cc1c(C)cc(O)cc1C. The molecule has 0 saturated heterocycles. The average molecular weight is 207 g/mol. The summed E-state index contributed by atoms with van der Waals surface area (Å²) < 4.78 is 0. The molecule has 0 spiro atoms. The number of rotatable bonds is 3. The minimum atomic E-state index is -0.452. The zero-order valence-corrected chi connectivity index (χ0v) is 9.37. The van der Waals surface area contributed by atoms with Crippen LogP contribution in [0.25, 0.3) is 0 Å². The Balaban J connectivity index is 3.00. The molecule has 0 aromatic heterocycles. The van der Waals surface area contributed by atoms with Crippen LogP contribution in [0, 0.1) is 13.8 Å². The van der Waals surface area contributed by atoms with Crippen LogP contribution in [0.15, 0.2) is 12.1 Å². The van der Waals surface area contributed by atoms with E-state index in [-0.39, 0.29) is 11.5 Å². The van der Waals surface area contributed by atoms with E-state index in [4.69, 9.17) is 5.73 Å². The van der Waals surface area contributed by atoms with Crippen LogP contribution < -0.4 is 5.73 Å². The number of ketones is 1. The highest BCUT2D eigenvalue weighted by molar-refractivity contribution is 5.81. The number of hydrogen-bond donors (Lipinski definition) is 2. The molecule has 0 heterocycles. The van der Waals surface area contributed by atoms with E-state index in [9.17, 15) is 9.90 Å². The van der Waals surface area contributed by atoms with Crippen molar-refractivity contribution in [3.8, 4) is 5.75 Å². The Morgan fingerprint density at radius 1 is 1.40 bits per heavy atom. The first-order chi connectivity index (χ1) is 6.91. The number of phenols is 1. The molecule has 15 heavy (non-hydrogen) atoms. The molecule has 0 aliphatic heterocycles. The van der Waals surface area contributed by atoms with Gasteiger partial charge in [-0.15, -0.1) is 0 Å². The molecule has 1 rings (SSSR count). The summed E-state index contributed by atoms with van der Waals surface area (Å²) in [6.07, 6.45) is 0.535. The van der Waals surface area contributed by atoms with Gasteiger partial charge in [-0.2, -0.15) is 0 Å². The van der Waals surface area contributed by atoms with Crippen LogP contribution >= 0.6 is 0 Å². The van der Waals surface area contributed by atoms with Crippen LogP contribution in [-0.4, -0.2) is 16.9 Å². The third kappa shape index (κ3) is 2.80. The van der Waals surface area contributed by atoms with E-state index in [2.05, 4.69) is 0 Å². The van der Waals surface area contributed by atoms with Gasteiger partial charge in [0.25, 0.3) is 0 Å². The maximum absolute atomic E-state index is 11.1. The van der Waals surface area contributed by atoms with Gasteiger partial charge < -0.3 is 10.8 Å². The van der Waals surface area contributed by atoms with Crippen molar-refractivity contribution in [1.82, 2.24) is 0 Å². The second-order valence-electron chi connectivity index (χ2n) is 3.98. The van der Waals surface area contributed by atoms with Gasteiger partial charge >= 0.3 is 0 Å². The molecular weight excluding hydrogens is 190 g/mol. The molecule has 82 valence electrons. The van der Waals surface area contributed by atoms with Crippen LogP contribution in [0.5, 0.6) is 5.75 Å². The molecule has 0 aliphatic carbocycles. The molecular formula is C12H17NO2. The van der Waals surface area contributed by atoms with E-state index in [0.29, 0.717) is 6.42 Å². The van der Waals surface area contributed by atoms with Gasteiger partial charge in [0, 0.05) is 0 Å². The second kappa shape index (κ2) is 4.45. The summed E-state index contributed by atoms with van der Waals surface area (Å²) >= 11 is 0. The molecule has 0 saturated carbocycles. The maximum atomic E-state index is 11.1. The van der Waals surface area contributed by atoms with Gasteiger partial charge in [0.05, 0.1) is 6.04 Å². The fraction of sp³-hybridized carbons (Fsp3) is 0.417. The summed E-state index contributed by atoms with van der Waals surface area (Å²) in [6.45, 7) is 5.32. The van der Waals surface area contributed by atoms with E-state index >= 15 is 0 Å². The molecule has 3 N–H and O–H groups in total. The van der Waals surface area contributed by atoms with Crippen molar-refractivity contribution in [1.29, 1.82) is 0 Å². The van der Waals surface area contributed by atoms with Gasteiger partial charge in [-0.3, -0.25) is 4.79 Å². The Morgan fingerprint density at radius 2 is 1.87 bits per heavy atom. The standard InChI is InChI=1S/C12H17NO2/c1-7-4-10(15)5-8(2)11(7)6-12(13)9(3)14/h4-5,12,15H,6,13H2,1-3H3/t12-/m0/s1. The number of phenolic OH excluding ortho intramolecular Hbond substituents is 1. The topological polar surface area (TPSA) is 63.3 Å². The summed E-state index contributed by atoms with van der Waals surface area (Å²) in [4.78, 5) is 11.1. The molecule has 3 nitrogen and oxygen atoms in total. The lowest BCUT2D eigenvalue weighted by molar-refractivity contribution is -0.118. The zero-order valence-electron chi connectivity index (χ0n) is 9.37. The Morgan fingerprint density at radius 3 is 2.27 bits per heavy atom. The first-order valence-corrected chi connectivity index (χ1v) is 4.97. The summed E-state index contributed by atoms with van der Waals surface area (Å²) in [6, 6.07) is 2.93. The Hall–Kier alpha value is -1.35. The summed E-state index contributed by atoms with van der Waals surface area (Å²) in [5.74, 6) is 0.243. The maximum Gasteiger partial charge on any atom is 0.146 e. The molecule has 1 aromatic carbocycles. The molecule has 0 unspecified atom stereocenters. The summed E-state index contributed by atoms with van der Waals surface area (Å²) in [7, 11) is 0. The number of aromatic hydroxyl groups is 1. The van der Waals surface area contributed by atoms with Gasteiger partial charge in [-0.25, -0.2) is 0 Å². The Bertz CT molecular complexity index is 362. The molecule has 0 aliphatic rings. The third-order valence-corrected chi connectivity index (χ3v) is 2.63. The van der Waals surface area contributed by atoms with Crippen molar-refractivity contribution >= 4 is 5.78 Å². The summed E-state index contributed by atoms with van der Waals surface area (Å²) in [5, 5.41) is 9.36. The molecule has 1 aromatic rings. The van der Waals surface area contributed by atoms with E-state index in [0.717, 1.165) is 16.7 Å². The number of carbonyl (C=O) groups excluding carboxylic acids is 1. The van der Waals surface area contributed by atoms with E-state index in [1.807, 2.05) is 13.8 Å². The van der Waals surface area contributed by atoms with Gasteiger partial charge in [-0.05, 0) is 56.0 Å². The number of carbonyl (C=O) groups is 1. The van der Waals surface area contributed by atoms with E-state index < -0.39 is 6.04 Å². The van der Waals surface area contributed by atoms with Crippen molar-refractivity contribution in [2.45, 2.75) is 33.2 Å². The fourth-order valence-corrected chi connectivity index (χ4v) is 1.66. The monoisotopic (exact) mass is 207 g/mol. The van der Waals surface area contributed by atoms with E-state index in [1.165, 1.54) is 6.92 Å². The molecule has 3 heteroatoms. The Kier molecular flexibility index (Phi) is 3.48. The van der Waals surface area contributed by atoms with Gasteiger partial charge in [0.2, 0.25) is 0 Å². The normalized spacial score (nSPS) is 12.5. The van der Waals surface area contributed by atoms with Crippen LogP contribution in [0.1, 0.15) is 23.6 Å². The van der Waals surface area contributed by atoms with Gasteiger partial charge in [-0.1, -0.05) is 0 Å². The van der Waals surface area contributed by atoms with Crippen molar-refractivity contribution in [3.63, 3.8) is 0 Å². The smallest absolute Gasteiger partial charge is 0.146 e. The highest BCUT2D eigenvalue weighted by Gasteiger charge is 2.13. The van der Waals surface area contributed by atoms with Crippen molar-refractivity contribution in [2.24, 2.45) is 5.73 Å². The van der Waals surface area contributed by atoms with Crippen LogP contribution in [0.4, 0.5) is 0 Å². The fourth-order valence-electron chi connectivity index (χ4n) is 1.66. The lowest BCUT2D eigenvalue weighted by Crippen LogP contribution is -2.31. The lowest BCUT2D eigenvalue weighted by atomic mass is 9.95. The highest BCUT2D eigenvalue weighted by Crippen LogP contribution is 2.21. The van der Waals surface area contributed by atoms with Crippen LogP contribution in [-0.2, 0) is 11.2 Å². The Labute approximate surface area is 89.9 Å². The van der Waals surface area contributed by atoms with Crippen LogP contribution in [0.2, 0.25) is 0 Å². The van der Waals surface area contributed by atoms with Crippen molar-refractivity contribution < 1.29 is 9.90 Å². The third-order valence-electron chi connectivity index (χ3n) is 2.63. The second-order valence-corrected chi connectivity index (χ2v) is 3.98. The number of hydrogen-bond acceptors (Lipinski definition) is 3. The minimum absolute atomic E-state index is 0.0122. The van der Waals surface area contributed by atoms with E-state index in [1.54, 1.807) is 12.1 Å². The lowest BCUT2D eigenvalue weighted by Gasteiger charge is -2.13. The summed E-state index contributed by atoms with van der Waals surface area (Å²) in [5.41, 5.74) is 8.72. The van der Waals surface area contributed by atoms with Gasteiger partial charge in [0.15, 0.2) is 0 Å². The molecule has 0 amide bonds. The predicted octanol–water partition coefficient (Wildman–Crippen LogP) is 1.47. The highest BCUT2D eigenvalue weighted by atomic mass is 16.3. The largest absolute Gasteiger partial charge is 0.508 e. The van der Waals surface area contributed by atoms with Crippen LogP contribution in [0.3, 0.4) is 0 Å². The molecule has 0 fully saturated rings. The number of Topliss-reactive ketones (excluding diaryl/α,β-unsaturated/α-hetero) is 1. The number of benzene rings is 1. The average Bonchev–Trinajstić information content (AvgIpc) is 2.10.